The summed E-state index contributed by atoms with van der Waals surface area (Å²) in [5.41, 5.74) is 5.62. The molecule has 5 N–H and O–H groups in total. The molecule has 0 saturated carbocycles. The smallest absolute Gasteiger partial charge is 0.223 e. The van der Waals surface area contributed by atoms with Crippen LogP contribution in [-0.2, 0) is 4.79 Å². The number of amides is 1. The van der Waals surface area contributed by atoms with Crippen LogP contribution in [-0.4, -0.2) is 35.0 Å². The minimum absolute atomic E-state index is 0.0285. The number of aromatic nitrogens is 2. The summed E-state index contributed by atoms with van der Waals surface area (Å²) in [5.74, 6) is 1.52. The summed E-state index contributed by atoms with van der Waals surface area (Å²) in [6.45, 7) is 7.26. The number of nitrogens with one attached hydrogen (secondary N) is 3. The zero-order chi connectivity index (χ0) is 15.0. The fourth-order valence-corrected chi connectivity index (χ4v) is 1.58. The van der Waals surface area contributed by atoms with Crippen molar-refractivity contribution in [2.75, 3.05) is 29.5 Å². The maximum Gasteiger partial charge on any atom is 0.223 e. The van der Waals surface area contributed by atoms with Crippen molar-refractivity contribution < 1.29 is 4.79 Å². The first-order valence-corrected chi connectivity index (χ1v) is 6.96. The van der Waals surface area contributed by atoms with Crippen molar-refractivity contribution in [1.29, 1.82) is 0 Å². The standard InChI is InChI=1S/C13H24N6O/c1-4-9(3)17-12(20)6-7-16-11-8-10(15-5-2)18-13(14)19-11/h8-9H,4-7H2,1-3H3,(H,17,20)(H4,14,15,16,18,19). The second-order valence-corrected chi connectivity index (χ2v) is 4.58. The molecule has 1 heterocycles. The van der Waals surface area contributed by atoms with Gasteiger partial charge in [-0.2, -0.15) is 9.97 Å². The van der Waals surface area contributed by atoms with E-state index < -0.39 is 0 Å². The molecule has 0 aromatic carbocycles. The molecule has 0 aliphatic heterocycles. The van der Waals surface area contributed by atoms with Crippen molar-refractivity contribution in [2.45, 2.75) is 39.7 Å². The fraction of sp³-hybridized carbons (Fsp3) is 0.615. The van der Waals surface area contributed by atoms with Crippen molar-refractivity contribution >= 4 is 23.5 Å². The van der Waals surface area contributed by atoms with Gasteiger partial charge in [0.25, 0.3) is 0 Å². The third kappa shape index (κ3) is 5.73. The normalized spacial score (nSPS) is 11.8. The number of hydrogen-bond acceptors (Lipinski definition) is 6. The summed E-state index contributed by atoms with van der Waals surface area (Å²) in [4.78, 5) is 19.7. The number of anilines is 3. The topological polar surface area (TPSA) is 105 Å². The summed E-state index contributed by atoms with van der Waals surface area (Å²) < 4.78 is 0. The first-order chi connectivity index (χ1) is 9.55. The molecule has 1 aromatic heterocycles. The zero-order valence-electron chi connectivity index (χ0n) is 12.4. The molecule has 0 radical (unpaired) electrons. The number of carbonyl (C=O) groups is 1. The highest BCUT2D eigenvalue weighted by molar-refractivity contribution is 5.76. The second kappa shape index (κ2) is 8.19. The molecule has 1 amide bonds. The van der Waals surface area contributed by atoms with Gasteiger partial charge < -0.3 is 21.7 Å². The summed E-state index contributed by atoms with van der Waals surface area (Å²) in [6, 6.07) is 1.98. The highest BCUT2D eigenvalue weighted by Crippen LogP contribution is 2.12. The summed E-state index contributed by atoms with van der Waals surface area (Å²) in [5, 5.41) is 9.06. The number of rotatable bonds is 8. The molecule has 7 heteroatoms. The Kier molecular flexibility index (Phi) is 6.55. The molecule has 1 atom stereocenters. The molecule has 0 saturated heterocycles. The van der Waals surface area contributed by atoms with E-state index in [0.717, 1.165) is 13.0 Å². The van der Waals surface area contributed by atoms with Gasteiger partial charge in [0.1, 0.15) is 11.6 Å². The lowest BCUT2D eigenvalue weighted by Crippen LogP contribution is -2.33. The molecule has 1 aromatic rings. The number of nitrogens with two attached hydrogens (primary N) is 1. The summed E-state index contributed by atoms with van der Waals surface area (Å²) in [7, 11) is 0. The number of hydrogen-bond donors (Lipinski definition) is 4. The molecule has 0 bridgehead atoms. The van der Waals surface area contributed by atoms with Gasteiger partial charge >= 0.3 is 0 Å². The van der Waals surface area contributed by atoms with Gasteiger partial charge in [0.15, 0.2) is 0 Å². The summed E-state index contributed by atoms with van der Waals surface area (Å²) in [6.07, 6.45) is 1.32. The summed E-state index contributed by atoms with van der Waals surface area (Å²) >= 11 is 0. The molecule has 1 unspecified atom stereocenters. The van der Waals surface area contributed by atoms with E-state index in [-0.39, 0.29) is 17.9 Å². The quantitative estimate of drug-likeness (QED) is 0.570. The molecular formula is C13H24N6O. The Hall–Kier alpha value is -2.05. The third-order valence-electron chi connectivity index (χ3n) is 2.78. The van der Waals surface area contributed by atoms with Crippen molar-refractivity contribution in [3.05, 3.63) is 6.07 Å². The van der Waals surface area contributed by atoms with E-state index in [1.54, 1.807) is 6.07 Å². The molecule has 7 nitrogen and oxygen atoms in total. The first kappa shape index (κ1) is 16.0. The van der Waals surface area contributed by atoms with Crippen LogP contribution in [0, 0.1) is 0 Å². The average Bonchev–Trinajstić information content (AvgIpc) is 2.38. The maximum absolute atomic E-state index is 11.6. The monoisotopic (exact) mass is 280 g/mol. The van der Waals surface area contributed by atoms with Gasteiger partial charge in [-0.3, -0.25) is 4.79 Å². The van der Waals surface area contributed by atoms with Gasteiger partial charge in [-0.25, -0.2) is 0 Å². The van der Waals surface area contributed by atoms with E-state index in [2.05, 4.69) is 25.9 Å². The molecule has 0 spiro atoms. The van der Waals surface area contributed by atoms with E-state index in [4.69, 9.17) is 5.73 Å². The van der Waals surface area contributed by atoms with E-state index in [1.807, 2.05) is 20.8 Å². The lowest BCUT2D eigenvalue weighted by molar-refractivity contribution is -0.121. The van der Waals surface area contributed by atoms with Crippen LogP contribution in [0.3, 0.4) is 0 Å². The van der Waals surface area contributed by atoms with E-state index in [9.17, 15) is 4.79 Å². The molecule has 0 aliphatic rings. The van der Waals surface area contributed by atoms with Crippen molar-refractivity contribution in [3.63, 3.8) is 0 Å². The van der Waals surface area contributed by atoms with Gasteiger partial charge in [-0.1, -0.05) is 6.92 Å². The number of nitrogens with zero attached hydrogens (tertiary/aromatic N) is 2. The molecule has 1 rings (SSSR count). The van der Waals surface area contributed by atoms with Crippen LogP contribution in [0.2, 0.25) is 0 Å². The van der Waals surface area contributed by atoms with Crippen LogP contribution >= 0.6 is 0 Å². The van der Waals surface area contributed by atoms with Crippen molar-refractivity contribution in [2.24, 2.45) is 0 Å². The number of carbonyl (C=O) groups excluding carboxylic acids is 1. The average molecular weight is 280 g/mol. The van der Waals surface area contributed by atoms with E-state index >= 15 is 0 Å². The van der Waals surface area contributed by atoms with Crippen LogP contribution in [0.4, 0.5) is 17.6 Å². The van der Waals surface area contributed by atoms with Crippen LogP contribution in [0.15, 0.2) is 6.07 Å². The first-order valence-electron chi connectivity index (χ1n) is 6.96. The Morgan fingerprint density at radius 2 is 1.95 bits per heavy atom. The Morgan fingerprint density at radius 1 is 1.30 bits per heavy atom. The largest absolute Gasteiger partial charge is 0.370 e. The highest BCUT2D eigenvalue weighted by Gasteiger charge is 2.06. The van der Waals surface area contributed by atoms with Crippen LogP contribution in [0.25, 0.3) is 0 Å². The van der Waals surface area contributed by atoms with Crippen LogP contribution in [0.5, 0.6) is 0 Å². The molecule has 0 fully saturated rings. The minimum atomic E-state index is 0.0285. The zero-order valence-corrected chi connectivity index (χ0v) is 12.4. The van der Waals surface area contributed by atoms with E-state index in [1.165, 1.54) is 0 Å². The van der Waals surface area contributed by atoms with Crippen molar-refractivity contribution in [3.8, 4) is 0 Å². The van der Waals surface area contributed by atoms with Gasteiger partial charge in [-0.15, -0.1) is 0 Å². The van der Waals surface area contributed by atoms with Gasteiger partial charge in [0.2, 0.25) is 11.9 Å². The Labute approximate surface area is 119 Å². The van der Waals surface area contributed by atoms with E-state index in [0.29, 0.717) is 24.6 Å². The van der Waals surface area contributed by atoms with Gasteiger partial charge in [-0.05, 0) is 20.3 Å². The second-order valence-electron chi connectivity index (χ2n) is 4.58. The molecule has 112 valence electrons. The van der Waals surface area contributed by atoms with Crippen molar-refractivity contribution in [1.82, 2.24) is 15.3 Å². The predicted octanol–water partition coefficient (Wildman–Crippen LogP) is 1.21. The van der Waals surface area contributed by atoms with Crippen LogP contribution in [0.1, 0.15) is 33.6 Å². The Balaban J connectivity index is 2.43. The lowest BCUT2D eigenvalue weighted by atomic mass is 10.2. The number of nitrogen functional groups attached to an aromatic ring is 1. The maximum atomic E-state index is 11.6. The molecule has 0 aliphatic carbocycles. The fourth-order valence-electron chi connectivity index (χ4n) is 1.58. The molecular weight excluding hydrogens is 256 g/mol. The Bertz CT molecular complexity index is 437. The Morgan fingerprint density at radius 3 is 2.55 bits per heavy atom. The minimum Gasteiger partial charge on any atom is -0.370 e. The lowest BCUT2D eigenvalue weighted by Gasteiger charge is -2.12. The molecule has 20 heavy (non-hydrogen) atoms. The predicted molar refractivity (Wildman–Crippen MR) is 81.6 cm³/mol. The highest BCUT2D eigenvalue weighted by atomic mass is 16.1. The van der Waals surface area contributed by atoms with Gasteiger partial charge in [0.05, 0.1) is 0 Å². The third-order valence-corrected chi connectivity index (χ3v) is 2.78. The van der Waals surface area contributed by atoms with Crippen LogP contribution < -0.4 is 21.7 Å². The van der Waals surface area contributed by atoms with Gasteiger partial charge in [0, 0.05) is 31.6 Å². The SMILES string of the molecule is CCNc1cc(NCCC(=O)NC(C)CC)nc(N)n1.